The average Bonchev–Trinajstić information content (AvgIpc) is 3.05. The molecule has 2 heteroatoms. The van der Waals surface area contributed by atoms with Crippen molar-refractivity contribution in [1.29, 1.82) is 0 Å². The standard InChI is InChI=1S/C41H48O2/c1-28(30-13-5-3-6-14-30)32-17-9-19-34(25-32)40-36(21-11-23-38(40)42)27-37-22-12-24-39(43)41(37)35-20-10-18-33(26-35)29(2)31-15-7-4-8-16-31/h3-8,11-16,21-24,28-29,32-35,42-43H,9-10,17-20,25-27H2,1-2H3. The number of hydrogen-bond donors (Lipinski definition) is 2. The van der Waals surface area contributed by atoms with E-state index in [1.165, 1.54) is 47.9 Å². The maximum absolute atomic E-state index is 11.3. The summed E-state index contributed by atoms with van der Waals surface area (Å²) in [5.41, 5.74) is 7.55. The summed E-state index contributed by atoms with van der Waals surface area (Å²) in [6.45, 7) is 4.76. The predicted molar refractivity (Wildman–Crippen MR) is 178 cm³/mol. The highest BCUT2D eigenvalue weighted by Crippen LogP contribution is 2.48. The number of benzene rings is 4. The van der Waals surface area contributed by atoms with Crippen LogP contribution in [-0.4, -0.2) is 10.2 Å². The molecule has 4 aromatic carbocycles. The van der Waals surface area contributed by atoms with Crippen molar-refractivity contribution in [2.75, 3.05) is 0 Å². The van der Waals surface area contributed by atoms with Crippen molar-refractivity contribution in [3.8, 4) is 11.5 Å². The topological polar surface area (TPSA) is 40.5 Å². The van der Waals surface area contributed by atoms with E-state index in [2.05, 4.69) is 86.6 Å². The van der Waals surface area contributed by atoms with E-state index in [0.29, 0.717) is 47.0 Å². The van der Waals surface area contributed by atoms with Crippen molar-refractivity contribution in [3.05, 3.63) is 130 Å². The van der Waals surface area contributed by atoms with Gasteiger partial charge in [-0.3, -0.25) is 0 Å². The molecule has 0 saturated heterocycles. The third-order valence-electron chi connectivity index (χ3n) is 11.0. The molecule has 0 aliphatic heterocycles. The quantitative estimate of drug-likeness (QED) is 0.220. The van der Waals surface area contributed by atoms with E-state index < -0.39 is 0 Å². The first-order chi connectivity index (χ1) is 21.0. The van der Waals surface area contributed by atoms with Gasteiger partial charge in [-0.05, 0) is 115 Å². The summed E-state index contributed by atoms with van der Waals surface area (Å²) in [4.78, 5) is 0. The first kappa shape index (κ1) is 29.5. The predicted octanol–water partition coefficient (Wildman–Crippen LogP) is 10.8. The van der Waals surface area contributed by atoms with Gasteiger partial charge in [-0.1, -0.05) is 112 Å². The van der Waals surface area contributed by atoms with Gasteiger partial charge >= 0.3 is 0 Å². The number of rotatable bonds is 8. The smallest absolute Gasteiger partial charge is 0.119 e. The Hall–Kier alpha value is -3.52. The van der Waals surface area contributed by atoms with Crippen LogP contribution in [0.25, 0.3) is 0 Å². The van der Waals surface area contributed by atoms with Gasteiger partial charge < -0.3 is 10.2 Å². The number of phenols is 2. The average molecular weight is 573 g/mol. The molecule has 6 unspecified atom stereocenters. The summed E-state index contributed by atoms with van der Waals surface area (Å²) in [5.74, 6) is 3.81. The molecule has 0 aromatic heterocycles. The Morgan fingerprint density at radius 1 is 0.535 bits per heavy atom. The van der Waals surface area contributed by atoms with E-state index in [0.717, 1.165) is 43.2 Å². The highest BCUT2D eigenvalue weighted by atomic mass is 16.3. The van der Waals surface area contributed by atoms with E-state index in [1.54, 1.807) is 0 Å². The minimum absolute atomic E-state index is 0.354. The van der Waals surface area contributed by atoms with Crippen LogP contribution in [-0.2, 0) is 6.42 Å². The summed E-state index contributed by atoms with van der Waals surface area (Å²) in [6, 6.07) is 34.0. The fraction of sp³-hybridized carbons (Fsp3) is 0.415. The minimum atomic E-state index is 0.354. The molecule has 0 amide bonds. The zero-order valence-electron chi connectivity index (χ0n) is 26.0. The normalized spacial score (nSPS) is 23.9. The molecule has 6 atom stereocenters. The first-order valence-electron chi connectivity index (χ1n) is 16.7. The fourth-order valence-corrected chi connectivity index (χ4v) is 8.60. The summed E-state index contributed by atoms with van der Waals surface area (Å²) in [5, 5.41) is 22.6. The first-order valence-corrected chi connectivity index (χ1v) is 16.7. The molecule has 2 nitrogen and oxygen atoms in total. The summed E-state index contributed by atoms with van der Waals surface area (Å²) in [6.07, 6.45) is 10.1. The molecule has 43 heavy (non-hydrogen) atoms. The monoisotopic (exact) mass is 572 g/mol. The summed E-state index contributed by atoms with van der Waals surface area (Å²) in [7, 11) is 0. The van der Waals surface area contributed by atoms with Crippen LogP contribution in [0.2, 0.25) is 0 Å². The van der Waals surface area contributed by atoms with Gasteiger partial charge in [-0.25, -0.2) is 0 Å². The van der Waals surface area contributed by atoms with Gasteiger partial charge in [0.2, 0.25) is 0 Å². The molecule has 0 bridgehead atoms. The van der Waals surface area contributed by atoms with Gasteiger partial charge in [0.25, 0.3) is 0 Å². The van der Waals surface area contributed by atoms with Crippen LogP contribution in [0.3, 0.4) is 0 Å². The summed E-state index contributed by atoms with van der Waals surface area (Å²) < 4.78 is 0. The maximum atomic E-state index is 11.3. The van der Waals surface area contributed by atoms with E-state index >= 15 is 0 Å². The molecule has 224 valence electrons. The Balaban J connectivity index is 1.25. The van der Waals surface area contributed by atoms with Crippen LogP contribution >= 0.6 is 0 Å². The van der Waals surface area contributed by atoms with Crippen LogP contribution in [0.15, 0.2) is 97.1 Å². The Kier molecular flexibility index (Phi) is 9.22. The SMILES string of the molecule is CC(c1ccccc1)C1CCCC(c2c(O)cccc2Cc2cccc(O)c2C2CCCC(C(C)c3ccccc3)C2)C1. The second-order valence-corrected chi connectivity index (χ2v) is 13.5. The lowest BCUT2D eigenvalue weighted by molar-refractivity contribution is 0.281. The van der Waals surface area contributed by atoms with Crippen LogP contribution in [0, 0.1) is 11.8 Å². The highest BCUT2D eigenvalue weighted by Gasteiger charge is 2.32. The molecule has 0 heterocycles. The maximum Gasteiger partial charge on any atom is 0.119 e. The Morgan fingerprint density at radius 3 is 1.37 bits per heavy atom. The van der Waals surface area contributed by atoms with Gasteiger partial charge in [0, 0.05) is 11.1 Å². The van der Waals surface area contributed by atoms with E-state index in [-0.39, 0.29) is 0 Å². The van der Waals surface area contributed by atoms with E-state index in [9.17, 15) is 10.2 Å². The van der Waals surface area contributed by atoms with Gasteiger partial charge in [0.05, 0.1) is 0 Å². The van der Waals surface area contributed by atoms with Crippen molar-refractivity contribution in [1.82, 2.24) is 0 Å². The lowest BCUT2D eigenvalue weighted by atomic mass is 9.69. The van der Waals surface area contributed by atoms with Gasteiger partial charge in [0.1, 0.15) is 11.5 Å². The molecule has 2 aliphatic rings. The van der Waals surface area contributed by atoms with E-state index in [1.807, 2.05) is 24.3 Å². The van der Waals surface area contributed by atoms with Crippen molar-refractivity contribution in [3.63, 3.8) is 0 Å². The molecular weight excluding hydrogens is 524 g/mol. The van der Waals surface area contributed by atoms with Gasteiger partial charge in [-0.15, -0.1) is 0 Å². The Bertz CT molecular complexity index is 1360. The lowest BCUT2D eigenvalue weighted by Gasteiger charge is -2.35. The highest BCUT2D eigenvalue weighted by molar-refractivity contribution is 5.49. The van der Waals surface area contributed by atoms with Gasteiger partial charge in [0.15, 0.2) is 0 Å². The zero-order valence-corrected chi connectivity index (χ0v) is 26.0. The number of phenolic OH excluding ortho intramolecular Hbond substituents is 2. The van der Waals surface area contributed by atoms with Crippen molar-refractivity contribution in [2.45, 2.75) is 95.3 Å². The molecule has 0 spiro atoms. The van der Waals surface area contributed by atoms with Crippen LogP contribution in [0.5, 0.6) is 11.5 Å². The largest absolute Gasteiger partial charge is 0.508 e. The molecule has 2 aliphatic carbocycles. The van der Waals surface area contributed by atoms with Crippen molar-refractivity contribution >= 4 is 0 Å². The molecule has 4 aromatic rings. The zero-order chi connectivity index (χ0) is 29.8. The molecule has 6 rings (SSSR count). The fourth-order valence-electron chi connectivity index (χ4n) is 8.60. The Labute approximate surface area is 258 Å². The van der Waals surface area contributed by atoms with Crippen LogP contribution in [0.1, 0.15) is 122 Å². The van der Waals surface area contributed by atoms with E-state index in [4.69, 9.17) is 0 Å². The molecule has 2 saturated carbocycles. The number of aromatic hydroxyl groups is 2. The Morgan fingerprint density at radius 2 is 0.953 bits per heavy atom. The second kappa shape index (κ2) is 13.4. The lowest BCUT2D eigenvalue weighted by Crippen LogP contribution is -2.21. The third kappa shape index (κ3) is 6.54. The molecule has 2 fully saturated rings. The number of hydrogen-bond acceptors (Lipinski definition) is 2. The molecule has 0 radical (unpaired) electrons. The molecular formula is C41H48O2. The minimum Gasteiger partial charge on any atom is -0.508 e. The van der Waals surface area contributed by atoms with Crippen LogP contribution < -0.4 is 0 Å². The molecule has 2 N–H and O–H groups in total. The van der Waals surface area contributed by atoms with Crippen molar-refractivity contribution in [2.24, 2.45) is 11.8 Å². The van der Waals surface area contributed by atoms with Crippen molar-refractivity contribution < 1.29 is 10.2 Å². The third-order valence-corrected chi connectivity index (χ3v) is 11.0. The second-order valence-electron chi connectivity index (χ2n) is 13.5. The van der Waals surface area contributed by atoms with Gasteiger partial charge in [-0.2, -0.15) is 0 Å². The van der Waals surface area contributed by atoms with Crippen LogP contribution in [0.4, 0.5) is 0 Å². The summed E-state index contributed by atoms with van der Waals surface area (Å²) >= 11 is 0.